The second kappa shape index (κ2) is 5.48. The zero-order valence-electron chi connectivity index (χ0n) is 10.7. The molecule has 1 aliphatic rings. The van der Waals surface area contributed by atoms with Gasteiger partial charge in [0.05, 0.1) is 6.54 Å². The molecule has 6 heteroatoms. The Balaban J connectivity index is 2.16. The standard InChI is InChI=1S/C13H16ClN3O2/c1-2-16-7-13(19)17(8-12(16)18)6-9-10(14)4-3-5-11(9)15/h3-5H,2,6-8,15H2,1H3. The van der Waals surface area contributed by atoms with Gasteiger partial charge in [-0.3, -0.25) is 9.59 Å². The third-order valence-electron chi connectivity index (χ3n) is 3.24. The van der Waals surface area contributed by atoms with Crippen molar-refractivity contribution < 1.29 is 9.59 Å². The van der Waals surface area contributed by atoms with Crippen LogP contribution in [0.1, 0.15) is 12.5 Å². The summed E-state index contributed by atoms with van der Waals surface area (Å²) in [5, 5.41) is 0.512. The molecular formula is C13H16ClN3O2. The third kappa shape index (κ3) is 2.81. The first-order chi connectivity index (χ1) is 9.02. The molecule has 19 heavy (non-hydrogen) atoms. The van der Waals surface area contributed by atoms with Crippen molar-refractivity contribution in [2.45, 2.75) is 13.5 Å². The summed E-state index contributed by atoms with van der Waals surface area (Å²) in [5.41, 5.74) is 7.08. The van der Waals surface area contributed by atoms with Crippen LogP contribution in [0, 0.1) is 0 Å². The smallest absolute Gasteiger partial charge is 0.242 e. The van der Waals surface area contributed by atoms with Crippen molar-refractivity contribution in [3.63, 3.8) is 0 Å². The molecule has 2 amide bonds. The van der Waals surface area contributed by atoms with Crippen LogP contribution >= 0.6 is 11.6 Å². The van der Waals surface area contributed by atoms with Crippen molar-refractivity contribution in [3.05, 3.63) is 28.8 Å². The van der Waals surface area contributed by atoms with Crippen molar-refractivity contribution in [2.75, 3.05) is 25.4 Å². The zero-order chi connectivity index (χ0) is 14.0. The van der Waals surface area contributed by atoms with Crippen molar-refractivity contribution >= 4 is 29.1 Å². The van der Waals surface area contributed by atoms with Gasteiger partial charge in [-0.1, -0.05) is 17.7 Å². The molecule has 2 N–H and O–H groups in total. The molecule has 0 unspecified atom stereocenters. The number of halogens is 1. The maximum absolute atomic E-state index is 12.0. The highest BCUT2D eigenvalue weighted by atomic mass is 35.5. The van der Waals surface area contributed by atoms with E-state index in [1.807, 2.05) is 6.92 Å². The molecule has 0 radical (unpaired) electrons. The van der Waals surface area contributed by atoms with Crippen molar-refractivity contribution in [3.8, 4) is 0 Å². The van der Waals surface area contributed by atoms with Gasteiger partial charge in [0.25, 0.3) is 0 Å². The number of nitrogens with two attached hydrogens (primary N) is 1. The monoisotopic (exact) mass is 281 g/mol. The highest BCUT2D eigenvalue weighted by molar-refractivity contribution is 6.31. The fraction of sp³-hybridized carbons (Fsp3) is 0.385. The van der Waals surface area contributed by atoms with E-state index in [1.54, 1.807) is 18.2 Å². The highest BCUT2D eigenvalue weighted by Gasteiger charge is 2.29. The Kier molecular flexibility index (Phi) is 3.95. The number of carbonyl (C=O) groups excluding carboxylic acids is 2. The Morgan fingerprint density at radius 1 is 1.21 bits per heavy atom. The Bertz CT molecular complexity index is 498. The van der Waals surface area contributed by atoms with Crippen LogP contribution in [0.4, 0.5) is 5.69 Å². The van der Waals surface area contributed by atoms with E-state index in [-0.39, 0.29) is 31.4 Å². The molecule has 0 aliphatic carbocycles. The van der Waals surface area contributed by atoms with Crippen molar-refractivity contribution in [1.29, 1.82) is 0 Å². The molecular weight excluding hydrogens is 266 g/mol. The number of likely N-dealkylation sites (N-methyl/N-ethyl adjacent to an activating group) is 1. The Hall–Kier alpha value is -1.75. The topological polar surface area (TPSA) is 66.6 Å². The van der Waals surface area contributed by atoms with Crippen LogP contribution in [-0.2, 0) is 16.1 Å². The summed E-state index contributed by atoms with van der Waals surface area (Å²) in [6.45, 7) is 2.88. The fourth-order valence-electron chi connectivity index (χ4n) is 2.07. The van der Waals surface area contributed by atoms with E-state index in [1.165, 1.54) is 9.80 Å². The second-order valence-electron chi connectivity index (χ2n) is 4.47. The molecule has 1 fully saturated rings. The van der Waals surface area contributed by atoms with Crippen LogP contribution in [-0.4, -0.2) is 41.2 Å². The molecule has 1 heterocycles. The van der Waals surface area contributed by atoms with Gasteiger partial charge >= 0.3 is 0 Å². The SMILES string of the molecule is CCN1CC(=O)N(Cc2c(N)cccc2Cl)CC1=O. The summed E-state index contributed by atoms with van der Waals surface area (Å²) in [5.74, 6) is -0.131. The van der Waals surface area contributed by atoms with Gasteiger partial charge in [-0.15, -0.1) is 0 Å². The van der Waals surface area contributed by atoms with Crippen LogP contribution in [0.3, 0.4) is 0 Å². The number of hydrogen-bond donors (Lipinski definition) is 1. The number of hydrogen-bond acceptors (Lipinski definition) is 3. The Morgan fingerprint density at radius 3 is 2.47 bits per heavy atom. The van der Waals surface area contributed by atoms with Crippen LogP contribution in [0.5, 0.6) is 0 Å². The lowest BCUT2D eigenvalue weighted by Crippen LogP contribution is -2.53. The maximum Gasteiger partial charge on any atom is 0.242 e. The number of piperazine rings is 1. The first-order valence-corrected chi connectivity index (χ1v) is 6.49. The van der Waals surface area contributed by atoms with Gasteiger partial charge in [0.15, 0.2) is 0 Å². The molecule has 1 aromatic carbocycles. The van der Waals surface area contributed by atoms with Gasteiger partial charge in [-0.2, -0.15) is 0 Å². The lowest BCUT2D eigenvalue weighted by Gasteiger charge is -2.33. The summed E-state index contributed by atoms with van der Waals surface area (Å²) in [6, 6.07) is 5.21. The predicted molar refractivity (Wildman–Crippen MR) is 73.5 cm³/mol. The summed E-state index contributed by atoms with van der Waals surface area (Å²) >= 11 is 6.08. The molecule has 0 aromatic heterocycles. The van der Waals surface area contributed by atoms with Gasteiger partial charge in [0.2, 0.25) is 11.8 Å². The average Bonchev–Trinajstić information content (AvgIpc) is 2.37. The molecule has 0 saturated carbocycles. The molecule has 0 atom stereocenters. The van der Waals surface area contributed by atoms with Crippen LogP contribution in [0.15, 0.2) is 18.2 Å². The van der Waals surface area contributed by atoms with Gasteiger partial charge in [-0.05, 0) is 19.1 Å². The molecule has 1 aliphatic heterocycles. The van der Waals surface area contributed by atoms with Crippen LogP contribution in [0.25, 0.3) is 0 Å². The molecule has 0 bridgehead atoms. The van der Waals surface area contributed by atoms with Gasteiger partial charge in [0.1, 0.15) is 6.54 Å². The number of benzene rings is 1. The van der Waals surface area contributed by atoms with Crippen molar-refractivity contribution in [2.24, 2.45) is 0 Å². The van der Waals surface area contributed by atoms with E-state index >= 15 is 0 Å². The van der Waals surface area contributed by atoms with E-state index in [2.05, 4.69) is 0 Å². The van der Waals surface area contributed by atoms with E-state index in [9.17, 15) is 9.59 Å². The second-order valence-corrected chi connectivity index (χ2v) is 4.87. The summed E-state index contributed by atoms with van der Waals surface area (Å²) in [6.07, 6.45) is 0. The maximum atomic E-state index is 12.0. The average molecular weight is 282 g/mol. The molecule has 5 nitrogen and oxygen atoms in total. The number of nitrogens with zero attached hydrogens (tertiary/aromatic N) is 2. The van der Waals surface area contributed by atoms with Gasteiger partial charge < -0.3 is 15.5 Å². The minimum absolute atomic E-state index is 0.0484. The largest absolute Gasteiger partial charge is 0.398 e. The minimum Gasteiger partial charge on any atom is -0.398 e. The highest BCUT2D eigenvalue weighted by Crippen LogP contribution is 2.24. The third-order valence-corrected chi connectivity index (χ3v) is 3.60. The molecule has 1 saturated heterocycles. The first kappa shape index (κ1) is 13.7. The molecule has 102 valence electrons. The quantitative estimate of drug-likeness (QED) is 0.844. The van der Waals surface area contributed by atoms with E-state index in [0.717, 1.165) is 0 Å². The zero-order valence-corrected chi connectivity index (χ0v) is 11.5. The lowest BCUT2D eigenvalue weighted by molar-refractivity contribution is -0.150. The van der Waals surface area contributed by atoms with E-state index < -0.39 is 0 Å². The number of amides is 2. The van der Waals surface area contributed by atoms with Gasteiger partial charge in [0, 0.05) is 29.4 Å². The lowest BCUT2D eigenvalue weighted by atomic mass is 10.1. The summed E-state index contributed by atoms with van der Waals surface area (Å²) in [7, 11) is 0. The number of anilines is 1. The van der Waals surface area contributed by atoms with Crippen LogP contribution < -0.4 is 5.73 Å². The Morgan fingerprint density at radius 2 is 1.84 bits per heavy atom. The Labute approximate surface area is 116 Å². The van der Waals surface area contributed by atoms with Gasteiger partial charge in [-0.25, -0.2) is 0 Å². The van der Waals surface area contributed by atoms with E-state index in [0.29, 0.717) is 22.8 Å². The minimum atomic E-state index is -0.0826. The molecule has 1 aromatic rings. The van der Waals surface area contributed by atoms with Crippen molar-refractivity contribution in [1.82, 2.24) is 9.80 Å². The normalized spacial score (nSPS) is 16.1. The van der Waals surface area contributed by atoms with E-state index in [4.69, 9.17) is 17.3 Å². The summed E-state index contributed by atoms with van der Waals surface area (Å²) in [4.78, 5) is 26.8. The van der Waals surface area contributed by atoms with Crippen LogP contribution in [0.2, 0.25) is 5.02 Å². The predicted octanol–water partition coefficient (Wildman–Crippen LogP) is 1.11. The molecule has 2 rings (SSSR count). The first-order valence-electron chi connectivity index (χ1n) is 6.11. The molecule has 0 spiro atoms. The number of nitrogen functional groups attached to an aromatic ring is 1. The number of carbonyl (C=O) groups is 2. The number of rotatable bonds is 3. The summed E-state index contributed by atoms with van der Waals surface area (Å²) < 4.78 is 0. The fourth-order valence-corrected chi connectivity index (χ4v) is 2.31.